The third-order valence-electron chi connectivity index (χ3n) is 4.38. The monoisotopic (exact) mass is 259 g/mol. The van der Waals surface area contributed by atoms with Gasteiger partial charge in [0.1, 0.15) is 5.60 Å². The van der Waals surface area contributed by atoms with E-state index in [4.69, 9.17) is 10.5 Å². The van der Waals surface area contributed by atoms with Crippen LogP contribution in [-0.2, 0) is 0 Å². The van der Waals surface area contributed by atoms with Gasteiger partial charge < -0.3 is 10.5 Å². The van der Waals surface area contributed by atoms with Gasteiger partial charge in [-0.05, 0) is 50.3 Å². The fraction of sp³-hybridized carbons (Fsp3) is 0.562. The van der Waals surface area contributed by atoms with Crippen LogP contribution in [0.25, 0.3) is 0 Å². The number of ether oxygens (including phenoxy) is 1. The van der Waals surface area contributed by atoms with Crippen LogP contribution in [0, 0.1) is 6.92 Å². The van der Waals surface area contributed by atoms with Crippen LogP contribution in [0.3, 0.4) is 0 Å². The molecule has 3 nitrogen and oxygen atoms in total. The normalized spacial score (nSPS) is 21.6. The van der Waals surface area contributed by atoms with E-state index in [1.165, 1.54) is 12.8 Å². The van der Waals surface area contributed by atoms with Crippen molar-refractivity contribution >= 4 is 11.5 Å². The third kappa shape index (κ3) is 2.22. The smallest absolute Gasteiger partial charge is 0.170 e. The third-order valence-corrected chi connectivity index (χ3v) is 4.38. The molecule has 0 radical (unpaired) electrons. The number of ketones is 1. The number of rotatable bonds is 0. The summed E-state index contributed by atoms with van der Waals surface area (Å²) in [6, 6.07) is 3.79. The number of nitrogens with two attached hydrogens (primary N) is 1. The van der Waals surface area contributed by atoms with E-state index in [2.05, 4.69) is 0 Å². The Kier molecular flexibility index (Phi) is 3.00. The van der Waals surface area contributed by atoms with Gasteiger partial charge in [-0.3, -0.25) is 4.79 Å². The molecule has 1 heterocycles. The Labute approximate surface area is 114 Å². The molecule has 2 aliphatic rings. The first-order valence-corrected chi connectivity index (χ1v) is 7.22. The molecule has 1 aromatic carbocycles. The highest BCUT2D eigenvalue weighted by Gasteiger charge is 2.41. The van der Waals surface area contributed by atoms with E-state index in [9.17, 15) is 4.79 Å². The molecule has 1 spiro atoms. The van der Waals surface area contributed by atoms with Crippen molar-refractivity contribution in [2.45, 2.75) is 57.5 Å². The van der Waals surface area contributed by atoms with Crippen molar-refractivity contribution in [3.8, 4) is 5.75 Å². The molecule has 3 heteroatoms. The van der Waals surface area contributed by atoms with Crippen LogP contribution in [0.15, 0.2) is 12.1 Å². The molecule has 1 aliphatic heterocycles. The molecule has 102 valence electrons. The zero-order chi connectivity index (χ0) is 13.5. The summed E-state index contributed by atoms with van der Waals surface area (Å²) >= 11 is 0. The summed E-state index contributed by atoms with van der Waals surface area (Å²) in [5, 5.41) is 0. The van der Waals surface area contributed by atoms with Gasteiger partial charge in [-0.1, -0.05) is 12.8 Å². The van der Waals surface area contributed by atoms with Crippen molar-refractivity contribution in [1.82, 2.24) is 0 Å². The molecule has 1 saturated carbocycles. The van der Waals surface area contributed by atoms with Crippen LogP contribution >= 0.6 is 0 Å². The summed E-state index contributed by atoms with van der Waals surface area (Å²) in [7, 11) is 0. The highest BCUT2D eigenvalue weighted by atomic mass is 16.5. The molecule has 0 amide bonds. The number of hydrogen-bond donors (Lipinski definition) is 1. The highest BCUT2D eigenvalue weighted by molar-refractivity contribution is 6.02. The number of anilines is 1. The first-order chi connectivity index (χ1) is 9.10. The molecule has 0 saturated heterocycles. The summed E-state index contributed by atoms with van der Waals surface area (Å²) in [5.41, 5.74) is 8.06. The predicted molar refractivity (Wildman–Crippen MR) is 75.6 cm³/mol. The van der Waals surface area contributed by atoms with Crippen molar-refractivity contribution in [3.05, 3.63) is 23.3 Å². The second kappa shape index (κ2) is 4.55. The Hall–Kier alpha value is -1.51. The standard InChI is InChI=1S/C16H21NO2/c1-11-8-12-14(18)10-16(6-4-2-3-5-7-16)19-15(12)13(17)9-11/h8-9H,2-7,10,17H2,1H3. The minimum absolute atomic E-state index is 0.193. The Bertz CT molecular complexity index is 514. The second-order valence-electron chi connectivity index (χ2n) is 6.03. The van der Waals surface area contributed by atoms with Crippen molar-refractivity contribution in [2.24, 2.45) is 0 Å². The summed E-state index contributed by atoms with van der Waals surface area (Å²) in [6.45, 7) is 1.96. The Morgan fingerprint density at radius 1 is 1.16 bits per heavy atom. The van der Waals surface area contributed by atoms with Gasteiger partial charge in [-0.25, -0.2) is 0 Å². The minimum Gasteiger partial charge on any atom is -0.484 e. The summed E-state index contributed by atoms with van der Waals surface area (Å²) in [4.78, 5) is 12.4. The molecule has 2 N–H and O–H groups in total. The van der Waals surface area contributed by atoms with E-state index < -0.39 is 0 Å². The first kappa shape index (κ1) is 12.5. The van der Waals surface area contributed by atoms with Gasteiger partial charge in [-0.2, -0.15) is 0 Å². The number of fused-ring (bicyclic) bond motifs is 1. The maximum Gasteiger partial charge on any atom is 0.170 e. The molecule has 1 aliphatic carbocycles. The first-order valence-electron chi connectivity index (χ1n) is 7.22. The van der Waals surface area contributed by atoms with Crippen molar-refractivity contribution in [2.75, 3.05) is 5.73 Å². The maximum absolute atomic E-state index is 12.4. The molecule has 0 atom stereocenters. The topological polar surface area (TPSA) is 52.3 Å². The van der Waals surface area contributed by atoms with Gasteiger partial charge in [0.05, 0.1) is 17.7 Å². The molecule has 0 bridgehead atoms. The number of carbonyl (C=O) groups is 1. The van der Waals surface area contributed by atoms with Crippen LogP contribution < -0.4 is 10.5 Å². The van der Waals surface area contributed by atoms with Gasteiger partial charge in [0, 0.05) is 0 Å². The molecule has 0 unspecified atom stereocenters. The van der Waals surface area contributed by atoms with E-state index in [-0.39, 0.29) is 11.4 Å². The lowest BCUT2D eigenvalue weighted by Crippen LogP contribution is -2.41. The largest absolute Gasteiger partial charge is 0.484 e. The lowest BCUT2D eigenvalue weighted by atomic mass is 9.83. The second-order valence-corrected chi connectivity index (χ2v) is 6.03. The van der Waals surface area contributed by atoms with Gasteiger partial charge in [0.2, 0.25) is 0 Å². The average Bonchev–Trinajstić information content (AvgIpc) is 2.57. The van der Waals surface area contributed by atoms with E-state index in [1.54, 1.807) is 0 Å². The molecule has 1 fully saturated rings. The van der Waals surface area contributed by atoms with E-state index in [0.717, 1.165) is 31.2 Å². The van der Waals surface area contributed by atoms with Crippen molar-refractivity contribution in [1.29, 1.82) is 0 Å². The molecule has 19 heavy (non-hydrogen) atoms. The lowest BCUT2D eigenvalue weighted by molar-refractivity contribution is 0.0303. The molecule has 1 aromatic rings. The number of nitrogen functional groups attached to an aromatic ring is 1. The predicted octanol–water partition coefficient (Wildman–Crippen LogP) is 3.64. The molecule has 0 aromatic heterocycles. The molecular formula is C16H21NO2. The number of Topliss-reactive ketones (excluding diaryl/α,β-unsaturated/α-hetero) is 1. The number of aryl methyl sites for hydroxylation is 1. The van der Waals surface area contributed by atoms with Gasteiger partial charge in [0.15, 0.2) is 11.5 Å². The van der Waals surface area contributed by atoms with E-state index in [0.29, 0.717) is 23.4 Å². The Morgan fingerprint density at radius 2 is 1.84 bits per heavy atom. The number of carbonyl (C=O) groups excluding carboxylic acids is 1. The van der Waals surface area contributed by atoms with Gasteiger partial charge in [0.25, 0.3) is 0 Å². The summed E-state index contributed by atoms with van der Waals surface area (Å²) < 4.78 is 6.25. The fourth-order valence-corrected chi connectivity index (χ4v) is 3.41. The zero-order valence-electron chi connectivity index (χ0n) is 11.5. The molecular weight excluding hydrogens is 238 g/mol. The Morgan fingerprint density at radius 3 is 2.53 bits per heavy atom. The van der Waals surface area contributed by atoms with Crippen LogP contribution in [0.1, 0.15) is 60.9 Å². The zero-order valence-corrected chi connectivity index (χ0v) is 11.5. The lowest BCUT2D eigenvalue weighted by Gasteiger charge is -2.38. The SMILES string of the molecule is Cc1cc(N)c2c(c1)C(=O)CC1(CCCCCC1)O2. The van der Waals surface area contributed by atoms with Crippen molar-refractivity contribution < 1.29 is 9.53 Å². The number of benzene rings is 1. The van der Waals surface area contributed by atoms with Crippen LogP contribution in [0.4, 0.5) is 5.69 Å². The minimum atomic E-state index is -0.288. The van der Waals surface area contributed by atoms with Crippen molar-refractivity contribution in [3.63, 3.8) is 0 Å². The van der Waals surface area contributed by atoms with Crippen LogP contribution in [0.5, 0.6) is 5.75 Å². The summed E-state index contributed by atoms with van der Waals surface area (Å²) in [6.07, 6.45) is 7.26. The van der Waals surface area contributed by atoms with Gasteiger partial charge in [-0.15, -0.1) is 0 Å². The van der Waals surface area contributed by atoms with E-state index >= 15 is 0 Å². The molecule has 3 rings (SSSR count). The maximum atomic E-state index is 12.4. The Balaban J connectivity index is 2.01. The quantitative estimate of drug-likeness (QED) is 0.724. The number of hydrogen-bond acceptors (Lipinski definition) is 3. The van der Waals surface area contributed by atoms with Crippen LogP contribution in [-0.4, -0.2) is 11.4 Å². The summed E-state index contributed by atoms with van der Waals surface area (Å²) in [5.74, 6) is 0.822. The van der Waals surface area contributed by atoms with Gasteiger partial charge >= 0.3 is 0 Å². The highest BCUT2D eigenvalue weighted by Crippen LogP contribution is 2.43. The van der Waals surface area contributed by atoms with Crippen LogP contribution in [0.2, 0.25) is 0 Å². The average molecular weight is 259 g/mol. The fourth-order valence-electron chi connectivity index (χ4n) is 3.41. The van der Waals surface area contributed by atoms with E-state index in [1.807, 2.05) is 19.1 Å².